The zero-order valence-electron chi connectivity index (χ0n) is 15.7. The largest absolute Gasteiger partial charge is 0.449 e. The van der Waals surface area contributed by atoms with Crippen LogP contribution in [0.2, 0.25) is 0 Å². The van der Waals surface area contributed by atoms with Crippen LogP contribution in [0.3, 0.4) is 0 Å². The zero-order valence-corrected chi connectivity index (χ0v) is 16.5. The SMILES string of the molecule is C[C@H](OC(=O)/C=C/c1ccc(-c2ccccc2)s1)c1nnc(-c2ccccc2)o1. The first-order valence-electron chi connectivity index (χ1n) is 9.12. The molecule has 6 heteroatoms. The van der Waals surface area contributed by atoms with Crippen LogP contribution in [0.1, 0.15) is 23.8 Å². The number of benzene rings is 2. The molecule has 2 aromatic carbocycles. The lowest BCUT2D eigenvalue weighted by Crippen LogP contribution is -2.06. The smallest absolute Gasteiger partial charge is 0.331 e. The molecule has 0 aliphatic carbocycles. The van der Waals surface area contributed by atoms with Crippen molar-refractivity contribution in [3.8, 4) is 21.9 Å². The molecule has 5 nitrogen and oxygen atoms in total. The Morgan fingerprint density at radius 1 is 0.966 bits per heavy atom. The third-order valence-corrected chi connectivity index (χ3v) is 5.27. The number of carbonyl (C=O) groups excluding carboxylic acids is 1. The van der Waals surface area contributed by atoms with Crippen LogP contribution in [0.5, 0.6) is 0 Å². The van der Waals surface area contributed by atoms with E-state index in [0.717, 1.165) is 20.9 Å². The van der Waals surface area contributed by atoms with Gasteiger partial charge in [0.15, 0.2) is 6.10 Å². The van der Waals surface area contributed by atoms with Crippen molar-refractivity contribution in [1.82, 2.24) is 10.2 Å². The molecule has 0 amide bonds. The summed E-state index contributed by atoms with van der Waals surface area (Å²) < 4.78 is 11.0. The highest BCUT2D eigenvalue weighted by molar-refractivity contribution is 7.16. The molecule has 1 atom stereocenters. The van der Waals surface area contributed by atoms with Gasteiger partial charge in [0.2, 0.25) is 5.89 Å². The Balaban J connectivity index is 1.37. The first-order chi connectivity index (χ1) is 14.2. The molecule has 2 heterocycles. The minimum absolute atomic E-state index is 0.257. The van der Waals surface area contributed by atoms with Crippen LogP contribution in [0, 0.1) is 0 Å². The Kier molecular flexibility index (Phi) is 5.63. The Labute approximate surface area is 172 Å². The maximum Gasteiger partial charge on any atom is 0.331 e. The number of rotatable bonds is 6. The topological polar surface area (TPSA) is 65.2 Å². The Morgan fingerprint density at radius 3 is 2.38 bits per heavy atom. The van der Waals surface area contributed by atoms with Crippen molar-refractivity contribution >= 4 is 23.4 Å². The van der Waals surface area contributed by atoms with Gasteiger partial charge in [-0.05, 0) is 42.8 Å². The summed E-state index contributed by atoms with van der Waals surface area (Å²) in [5, 5.41) is 8.00. The van der Waals surface area contributed by atoms with E-state index in [9.17, 15) is 4.79 Å². The molecule has 0 radical (unpaired) electrons. The molecule has 0 unspecified atom stereocenters. The van der Waals surface area contributed by atoms with Crippen molar-refractivity contribution in [2.24, 2.45) is 0 Å². The Hall–Kier alpha value is -3.51. The number of hydrogen-bond donors (Lipinski definition) is 0. The molecule has 4 aromatic rings. The van der Waals surface area contributed by atoms with Gasteiger partial charge in [-0.2, -0.15) is 0 Å². The van der Waals surface area contributed by atoms with E-state index in [1.807, 2.05) is 60.7 Å². The Bertz CT molecular complexity index is 1120. The predicted octanol–water partition coefficient (Wildman–Crippen LogP) is 5.78. The molecule has 0 N–H and O–H groups in total. The summed E-state index contributed by atoms with van der Waals surface area (Å²) in [6, 6.07) is 23.6. The lowest BCUT2D eigenvalue weighted by molar-refractivity contribution is -0.143. The molecular weight excluding hydrogens is 384 g/mol. The first-order valence-corrected chi connectivity index (χ1v) is 9.93. The standard InChI is InChI=1S/C23H18N2O3S/c1-16(22-24-25-23(28-22)18-10-6-3-7-11-18)27-21(26)15-13-19-12-14-20(29-19)17-8-4-2-5-9-17/h2-16H,1H3/b15-13+/t16-/m0/s1. The molecule has 4 rings (SSSR count). The van der Waals surface area contributed by atoms with Crippen LogP contribution in [0.25, 0.3) is 28.0 Å². The van der Waals surface area contributed by atoms with Gasteiger partial charge >= 0.3 is 5.97 Å². The Morgan fingerprint density at radius 2 is 1.66 bits per heavy atom. The zero-order chi connectivity index (χ0) is 20.1. The van der Waals surface area contributed by atoms with Gasteiger partial charge in [-0.3, -0.25) is 0 Å². The van der Waals surface area contributed by atoms with Gasteiger partial charge < -0.3 is 9.15 Å². The number of aromatic nitrogens is 2. The van der Waals surface area contributed by atoms with Gasteiger partial charge in [-0.15, -0.1) is 21.5 Å². The quantitative estimate of drug-likeness (QED) is 0.302. The summed E-state index contributed by atoms with van der Waals surface area (Å²) >= 11 is 1.61. The van der Waals surface area contributed by atoms with Crippen molar-refractivity contribution < 1.29 is 13.9 Å². The van der Waals surface area contributed by atoms with Gasteiger partial charge in [0.1, 0.15) is 0 Å². The van der Waals surface area contributed by atoms with Gasteiger partial charge in [0.05, 0.1) is 0 Å². The summed E-state index contributed by atoms with van der Waals surface area (Å²) in [6.07, 6.45) is 2.52. The van der Waals surface area contributed by atoms with Crippen LogP contribution in [-0.4, -0.2) is 16.2 Å². The molecule has 0 fully saturated rings. The highest BCUT2D eigenvalue weighted by Gasteiger charge is 2.18. The van der Waals surface area contributed by atoms with Crippen molar-refractivity contribution in [2.75, 3.05) is 0 Å². The fourth-order valence-corrected chi connectivity index (χ4v) is 3.63. The number of ether oxygens (including phenoxy) is 1. The summed E-state index contributed by atoms with van der Waals surface area (Å²) in [7, 11) is 0. The molecule has 0 bridgehead atoms. The van der Waals surface area contributed by atoms with Crippen molar-refractivity contribution in [1.29, 1.82) is 0 Å². The molecule has 144 valence electrons. The third kappa shape index (κ3) is 4.67. The van der Waals surface area contributed by atoms with Gasteiger partial charge in [-0.1, -0.05) is 48.5 Å². The number of hydrogen-bond acceptors (Lipinski definition) is 6. The van der Waals surface area contributed by atoms with E-state index in [1.54, 1.807) is 24.3 Å². The molecule has 0 saturated carbocycles. The van der Waals surface area contributed by atoms with E-state index in [2.05, 4.69) is 22.3 Å². The average Bonchev–Trinajstić information content (AvgIpc) is 3.44. The summed E-state index contributed by atoms with van der Waals surface area (Å²) in [5.41, 5.74) is 1.97. The van der Waals surface area contributed by atoms with Crippen LogP contribution < -0.4 is 0 Å². The highest BCUT2D eigenvalue weighted by atomic mass is 32.1. The second kappa shape index (κ2) is 8.67. The van der Waals surface area contributed by atoms with Crippen molar-refractivity contribution in [3.05, 3.63) is 89.6 Å². The average molecular weight is 402 g/mol. The maximum atomic E-state index is 12.2. The lowest BCUT2D eigenvalue weighted by atomic mass is 10.2. The number of thiophene rings is 1. The molecule has 29 heavy (non-hydrogen) atoms. The number of nitrogens with zero attached hydrogens (tertiary/aromatic N) is 2. The van der Waals surface area contributed by atoms with E-state index in [1.165, 1.54) is 6.08 Å². The fraction of sp³-hybridized carbons (Fsp3) is 0.0870. The van der Waals surface area contributed by atoms with E-state index in [-0.39, 0.29) is 5.89 Å². The second-order valence-electron chi connectivity index (χ2n) is 6.29. The predicted molar refractivity (Wildman–Crippen MR) is 113 cm³/mol. The minimum Gasteiger partial charge on any atom is -0.449 e. The molecule has 0 aliphatic heterocycles. The number of carbonyl (C=O) groups is 1. The molecule has 0 saturated heterocycles. The van der Waals surface area contributed by atoms with E-state index in [0.29, 0.717) is 5.89 Å². The molecule has 2 aromatic heterocycles. The van der Waals surface area contributed by atoms with Crippen LogP contribution >= 0.6 is 11.3 Å². The van der Waals surface area contributed by atoms with E-state index in [4.69, 9.17) is 9.15 Å². The van der Waals surface area contributed by atoms with E-state index < -0.39 is 12.1 Å². The van der Waals surface area contributed by atoms with Crippen LogP contribution in [0.15, 0.2) is 83.3 Å². The van der Waals surface area contributed by atoms with Crippen molar-refractivity contribution in [2.45, 2.75) is 13.0 Å². The van der Waals surface area contributed by atoms with Gasteiger partial charge in [0, 0.05) is 21.4 Å². The number of esters is 1. The van der Waals surface area contributed by atoms with Crippen LogP contribution in [-0.2, 0) is 9.53 Å². The first kappa shape index (κ1) is 18.8. The van der Waals surface area contributed by atoms with E-state index >= 15 is 0 Å². The normalized spacial score (nSPS) is 12.2. The second-order valence-corrected chi connectivity index (χ2v) is 7.41. The molecular formula is C23H18N2O3S. The minimum atomic E-state index is -0.639. The van der Waals surface area contributed by atoms with Gasteiger partial charge in [-0.25, -0.2) is 4.79 Å². The highest BCUT2D eigenvalue weighted by Crippen LogP contribution is 2.28. The summed E-state index contributed by atoms with van der Waals surface area (Å²) in [6.45, 7) is 1.70. The summed E-state index contributed by atoms with van der Waals surface area (Å²) in [4.78, 5) is 14.3. The maximum absolute atomic E-state index is 12.2. The third-order valence-electron chi connectivity index (χ3n) is 4.17. The van der Waals surface area contributed by atoms with Crippen molar-refractivity contribution in [3.63, 3.8) is 0 Å². The fourth-order valence-electron chi connectivity index (χ4n) is 2.71. The summed E-state index contributed by atoms with van der Waals surface area (Å²) in [5.74, 6) is 0.186. The van der Waals surface area contributed by atoms with Gasteiger partial charge in [0.25, 0.3) is 5.89 Å². The monoisotopic (exact) mass is 402 g/mol. The lowest BCUT2D eigenvalue weighted by Gasteiger charge is -2.06. The molecule has 0 spiro atoms. The molecule has 0 aliphatic rings. The van der Waals surface area contributed by atoms with Crippen LogP contribution in [0.4, 0.5) is 0 Å².